The number of aryl methyl sites for hydroxylation is 1. The fourth-order valence-electron chi connectivity index (χ4n) is 3.58. The summed E-state index contributed by atoms with van der Waals surface area (Å²) in [5.41, 5.74) is 2.19. The van der Waals surface area contributed by atoms with Gasteiger partial charge >= 0.3 is 0 Å². The van der Waals surface area contributed by atoms with Crippen LogP contribution in [0.5, 0.6) is 11.5 Å². The standard InChI is InChI=1S/C23H30N2O5S/c1-15-7-12-21-19(13-15)20(14-23(3,4)30-21)24-22(26)16(2)29-18-10-8-17(9-11-18)25(5)31(6,27)28/h7-13,16,20H,14H2,1-6H3,(H,24,26)/t16-,20+/m1/s1. The van der Waals surface area contributed by atoms with Gasteiger partial charge in [0.25, 0.3) is 5.91 Å². The molecule has 0 aromatic heterocycles. The van der Waals surface area contributed by atoms with Gasteiger partial charge in [-0.2, -0.15) is 0 Å². The van der Waals surface area contributed by atoms with Crippen LogP contribution in [-0.2, 0) is 14.8 Å². The van der Waals surface area contributed by atoms with Crippen LogP contribution in [-0.4, -0.2) is 39.3 Å². The Bertz CT molecular complexity index is 1060. The van der Waals surface area contributed by atoms with Crippen molar-refractivity contribution >= 4 is 21.6 Å². The molecule has 0 bridgehead atoms. The van der Waals surface area contributed by atoms with Crippen LogP contribution in [0.2, 0.25) is 0 Å². The number of sulfonamides is 1. The molecule has 31 heavy (non-hydrogen) atoms. The third-order valence-electron chi connectivity index (χ3n) is 5.32. The van der Waals surface area contributed by atoms with Gasteiger partial charge in [-0.1, -0.05) is 17.7 Å². The minimum atomic E-state index is -3.34. The third kappa shape index (κ3) is 5.50. The van der Waals surface area contributed by atoms with E-state index in [4.69, 9.17) is 9.47 Å². The van der Waals surface area contributed by atoms with Gasteiger partial charge in [0.15, 0.2) is 6.10 Å². The summed E-state index contributed by atoms with van der Waals surface area (Å²) in [5, 5.41) is 3.10. The number of carbonyl (C=O) groups is 1. The van der Waals surface area contributed by atoms with Crippen molar-refractivity contribution in [3.63, 3.8) is 0 Å². The van der Waals surface area contributed by atoms with Crippen molar-refractivity contribution in [1.82, 2.24) is 5.32 Å². The number of nitrogens with zero attached hydrogens (tertiary/aromatic N) is 1. The molecule has 8 heteroatoms. The average molecular weight is 447 g/mol. The van der Waals surface area contributed by atoms with Crippen molar-refractivity contribution in [3.8, 4) is 11.5 Å². The lowest BCUT2D eigenvalue weighted by Gasteiger charge is -2.38. The lowest BCUT2D eigenvalue weighted by Crippen LogP contribution is -2.44. The van der Waals surface area contributed by atoms with Crippen molar-refractivity contribution in [1.29, 1.82) is 0 Å². The summed E-state index contributed by atoms with van der Waals surface area (Å²) in [6.07, 6.45) is 1.06. The fourth-order valence-corrected chi connectivity index (χ4v) is 4.08. The highest BCUT2D eigenvalue weighted by Gasteiger charge is 2.35. The first kappa shape index (κ1) is 22.9. The second-order valence-electron chi connectivity index (χ2n) is 8.65. The van der Waals surface area contributed by atoms with Gasteiger partial charge in [-0.15, -0.1) is 0 Å². The molecular weight excluding hydrogens is 416 g/mol. The van der Waals surface area contributed by atoms with Crippen LogP contribution in [0.3, 0.4) is 0 Å². The Kier molecular flexibility index (Phi) is 6.23. The molecule has 0 unspecified atom stereocenters. The van der Waals surface area contributed by atoms with Gasteiger partial charge in [-0.3, -0.25) is 9.10 Å². The number of carbonyl (C=O) groups excluding carboxylic acids is 1. The third-order valence-corrected chi connectivity index (χ3v) is 6.52. The van der Waals surface area contributed by atoms with Crippen LogP contribution in [0.4, 0.5) is 5.69 Å². The molecule has 3 rings (SSSR count). The van der Waals surface area contributed by atoms with Gasteiger partial charge in [-0.05, 0) is 58.0 Å². The molecule has 2 aromatic rings. The van der Waals surface area contributed by atoms with Crippen LogP contribution in [0.15, 0.2) is 42.5 Å². The highest BCUT2D eigenvalue weighted by molar-refractivity contribution is 7.92. The van der Waals surface area contributed by atoms with E-state index in [1.54, 1.807) is 31.2 Å². The van der Waals surface area contributed by atoms with Crippen molar-refractivity contribution in [2.75, 3.05) is 17.6 Å². The van der Waals surface area contributed by atoms with Crippen molar-refractivity contribution in [3.05, 3.63) is 53.6 Å². The Hall–Kier alpha value is -2.74. The van der Waals surface area contributed by atoms with E-state index in [0.29, 0.717) is 17.9 Å². The number of amides is 1. The Balaban J connectivity index is 1.69. The Labute approximate surface area is 184 Å². The molecule has 1 N–H and O–H groups in total. The maximum atomic E-state index is 12.9. The topological polar surface area (TPSA) is 84.9 Å². The summed E-state index contributed by atoms with van der Waals surface area (Å²) in [6.45, 7) is 7.71. The number of benzene rings is 2. The first-order chi connectivity index (χ1) is 14.4. The number of hydrogen-bond acceptors (Lipinski definition) is 5. The predicted molar refractivity (Wildman–Crippen MR) is 121 cm³/mol. The van der Waals surface area contributed by atoms with Crippen LogP contribution >= 0.6 is 0 Å². The van der Waals surface area contributed by atoms with E-state index in [1.165, 1.54) is 11.4 Å². The normalized spacial score (nSPS) is 18.3. The monoisotopic (exact) mass is 446 g/mol. The molecule has 1 heterocycles. The maximum absolute atomic E-state index is 12.9. The van der Waals surface area contributed by atoms with Crippen molar-refractivity contribution in [2.24, 2.45) is 0 Å². The van der Waals surface area contributed by atoms with E-state index in [0.717, 1.165) is 23.1 Å². The molecule has 0 saturated carbocycles. The van der Waals surface area contributed by atoms with Crippen molar-refractivity contribution < 1.29 is 22.7 Å². The molecule has 0 aliphatic carbocycles. The summed E-state index contributed by atoms with van der Waals surface area (Å²) in [5.74, 6) is 1.04. The van der Waals surface area contributed by atoms with Gasteiger partial charge in [0.1, 0.15) is 17.1 Å². The summed E-state index contributed by atoms with van der Waals surface area (Å²) < 4.78 is 36.4. The number of nitrogens with one attached hydrogen (secondary N) is 1. The molecular formula is C23H30N2O5S. The first-order valence-electron chi connectivity index (χ1n) is 10.2. The molecule has 168 valence electrons. The molecule has 0 radical (unpaired) electrons. The van der Waals surface area contributed by atoms with Crippen LogP contribution in [0.25, 0.3) is 0 Å². The van der Waals surface area contributed by atoms with Crippen LogP contribution in [0.1, 0.15) is 44.4 Å². The number of rotatable bonds is 6. The molecule has 1 aliphatic rings. The zero-order chi connectivity index (χ0) is 23.0. The number of ether oxygens (including phenoxy) is 2. The van der Waals surface area contributed by atoms with Crippen LogP contribution < -0.4 is 19.1 Å². The second-order valence-corrected chi connectivity index (χ2v) is 10.7. The van der Waals surface area contributed by atoms with Gasteiger partial charge in [0.05, 0.1) is 18.0 Å². The molecule has 0 saturated heterocycles. The average Bonchev–Trinajstić information content (AvgIpc) is 2.67. The van der Waals surface area contributed by atoms with Gasteiger partial charge in [-0.25, -0.2) is 8.42 Å². The molecule has 2 aromatic carbocycles. The van der Waals surface area contributed by atoms with Gasteiger partial charge < -0.3 is 14.8 Å². The SMILES string of the molecule is Cc1ccc2c(c1)[C@@H](NC(=O)[C@@H](C)Oc1ccc(N(C)S(C)(=O)=O)cc1)CC(C)(C)O2. The number of hydrogen-bond donors (Lipinski definition) is 1. The summed E-state index contributed by atoms with van der Waals surface area (Å²) in [4.78, 5) is 12.9. The highest BCUT2D eigenvalue weighted by atomic mass is 32.2. The first-order valence-corrected chi connectivity index (χ1v) is 12.0. The lowest BCUT2D eigenvalue weighted by molar-refractivity contribution is -0.128. The quantitative estimate of drug-likeness (QED) is 0.733. The van der Waals surface area contributed by atoms with Crippen molar-refractivity contribution in [2.45, 2.75) is 51.9 Å². The maximum Gasteiger partial charge on any atom is 0.261 e. The van der Waals surface area contributed by atoms with E-state index in [-0.39, 0.29) is 11.9 Å². The highest BCUT2D eigenvalue weighted by Crippen LogP contribution is 2.40. The van der Waals surface area contributed by atoms with E-state index in [9.17, 15) is 13.2 Å². The minimum absolute atomic E-state index is 0.178. The fraction of sp³-hybridized carbons (Fsp3) is 0.435. The Morgan fingerprint density at radius 1 is 1.23 bits per heavy atom. The molecule has 0 spiro atoms. The lowest BCUT2D eigenvalue weighted by atomic mass is 9.89. The molecule has 2 atom stereocenters. The predicted octanol–water partition coefficient (Wildman–Crippen LogP) is 3.58. The van der Waals surface area contributed by atoms with E-state index < -0.39 is 21.7 Å². The molecule has 7 nitrogen and oxygen atoms in total. The minimum Gasteiger partial charge on any atom is -0.487 e. The Morgan fingerprint density at radius 2 is 1.87 bits per heavy atom. The molecule has 1 aliphatic heterocycles. The van der Waals surface area contributed by atoms with E-state index in [2.05, 4.69) is 5.32 Å². The van der Waals surface area contributed by atoms with E-state index >= 15 is 0 Å². The summed E-state index contributed by atoms with van der Waals surface area (Å²) >= 11 is 0. The van der Waals surface area contributed by atoms with Gasteiger partial charge in [0.2, 0.25) is 10.0 Å². The number of anilines is 1. The zero-order valence-electron chi connectivity index (χ0n) is 18.8. The smallest absolute Gasteiger partial charge is 0.261 e. The zero-order valence-corrected chi connectivity index (χ0v) is 19.6. The van der Waals surface area contributed by atoms with Gasteiger partial charge in [0, 0.05) is 19.0 Å². The summed E-state index contributed by atoms with van der Waals surface area (Å²) in [7, 11) is -1.86. The van der Waals surface area contributed by atoms with E-state index in [1.807, 2.05) is 39.0 Å². The Morgan fingerprint density at radius 3 is 2.48 bits per heavy atom. The summed E-state index contributed by atoms with van der Waals surface area (Å²) in [6, 6.07) is 12.4. The van der Waals surface area contributed by atoms with Crippen LogP contribution in [0, 0.1) is 6.92 Å². The molecule has 1 amide bonds. The number of fused-ring (bicyclic) bond motifs is 1. The second kappa shape index (κ2) is 8.42. The largest absolute Gasteiger partial charge is 0.487 e. The molecule has 0 fully saturated rings.